The SMILES string of the molecule is COC(=O)COc1ccc(C(=O)NNC(=O)C2C=CC(=C=NSC)C=C2)cc1. The van der Waals surface area contributed by atoms with Gasteiger partial charge in [-0.15, -0.1) is 0 Å². The average Bonchev–Trinajstić information content (AvgIpc) is 2.74. The fourth-order valence-corrected chi connectivity index (χ4v) is 2.26. The maximum absolute atomic E-state index is 12.1. The van der Waals surface area contributed by atoms with Crippen LogP contribution in [0.2, 0.25) is 0 Å². The maximum atomic E-state index is 12.1. The summed E-state index contributed by atoms with van der Waals surface area (Å²) in [7, 11) is 1.27. The van der Waals surface area contributed by atoms with E-state index in [0.29, 0.717) is 11.3 Å². The Bertz CT molecular complexity index is 839. The van der Waals surface area contributed by atoms with E-state index in [4.69, 9.17) is 4.74 Å². The average molecular weight is 401 g/mol. The molecule has 8 nitrogen and oxygen atoms in total. The lowest BCUT2D eigenvalue weighted by Gasteiger charge is -2.13. The third-order valence-electron chi connectivity index (χ3n) is 3.54. The Labute approximate surface area is 166 Å². The third-order valence-corrected chi connectivity index (χ3v) is 3.81. The van der Waals surface area contributed by atoms with Crippen molar-refractivity contribution in [2.24, 2.45) is 10.3 Å². The molecule has 0 spiro atoms. The smallest absolute Gasteiger partial charge is 0.343 e. The highest BCUT2D eigenvalue weighted by Gasteiger charge is 2.16. The van der Waals surface area contributed by atoms with Crippen molar-refractivity contribution in [2.75, 3.05) is 20.0 Å². The molecule has 1 aliphatic rings. The van der Waals surface area contributed by atoms with Gasteiger partial charge in [0.2, 0.25) is 5.91 Å². The van der Waals surface area contributed by atoms with Gasteiger partial charge in [-0.3, -0.25) is 20.4 Å². The number of allylic oxidation sites excluding steroid dienone is 3. The van der Waals surface area contributed by atoms with Crippen molar-refractivity contribution in [3.63, 3.8) is 0 Å². The summed E-state index contributed by atoms with van der Waals surface area (Å²) in [6.45, 7) is -0.222. The Balaban J connectivity index is 1.83. The van der Waals surface area contributed by atoms with Crippen LogP contribution in [0, 0.1) is 5.92 Å². The minimum Gasteiger partial charge on any atom is -0.482 e. The molecular formula is C19H19N3O5S. The fourth-order valence-electron chi connectivity index (χ4n) is 2.06. The molecule has 146 valence electrons. The summed E-state index contributed by atoms with van der Waals surface area (Å²) in [4.78, 5) is 35.3. The summed E-state index contributed by atoms with van der Waals surface area (Å²) in [6.07, 6.45) is 8.67. The molecule has 2 N–H and O–H groups in total. The predicted molar refractivity (Wildman–Crippen MR) is 106 cm³/mol. The summed E-state index contributed by atoms with van der Waals surface area (Å²) in [6, 6.07) is 6.10. The van der Waals surface area contributed by atoms with Gasteiger partial charge in [-0.2, -0.15) is 4.40 Å². The number of ether oxygens (including phenoxy) is 2. The number of nitrogens with one attached hydrogen (secondary N) is 2. The lowest BCUT2D eigenvalue weighted by molar-refractivity contribution is -0.142. The van der Waals surface area contributed by atoms with E-state index in [1.807, 2.05) is 6.26 Å². The number of esters is 1. The molecule has 0 aliphatic heterocycles. The van der Waals surface area contributed by atoms with Gasteiger partial charge in [0.1, 0.15) is 5.75 Å². The van der Waals surface area contributed by atoms with Crippen molar-refractivity contribution in [1.29, 1.82) is 0 Å². The zero-order chi connectivity index (χ0) is 20.4. The van der Waals surface area contributed by atoms with Gasteiger partial charge in [-0.25, -0.2) is 4.79 Å². The highest BCUT2D eigenvalue weighted by molar-refractivity contribution is 7.97. The number of rotatable bonds is 6. The summed E-state index contributed by atoms with van der Waals surface area (Å²) in [5.41, 5.74) is 5.81. The van der Waals surface area contributed by atoms with Gasteiger partial charge < -0.3 is 9.47 Å². The van der Waals surface area contributed by atoms with E-state index in [-0.39, 0.29) is 12.5 Å². The molecule has 0 aromatic heterocycles. The second-order valence-corrected chi connectivity index (χ2v) is 5.97. The molecule has 28 heavy (non-hydrogen) atoms. The molecule has 0 saturated carbocycles. The van der Waals surface area contributed by atoms with Crippen molar-refractivity contribution < 1.29 is 23.9 Å². The number of methoxy groups -OCH3 is 1. The van der Waals surface area contributed by atoms with Crippen molar-refractivity contribution in [3.05, 3.63) is 59.7 Å². The molecule has 2 rings (SSSR count). The number of hydrazine groups is 1. The predicted octanol–water partition coefficient (Wildman–Crippen LogP) is 1.62. The maximum Gasteiger partial charge on any atom is 0.343 e. The molecule has 0 unspecified atom stereocenters. The molecule has 1 aliphatic carbocycles. The minimum atomic E-state index is -0.505. The quantitative estimate of drug-likeness (QED) is 0.325. The highest BCUT2D eigenvalue weighted by Crippen LogP contribution is 2.13. The Morgan fingerprint density at radius 2 is 1.82 bits per heavy atom. The van der Waals surface area contributed by atoms with Crippen LogP contribution in [0.4, 0.5) is 0 Å². The number of amides is 2. The third kappa shape index (κ3) is 6.46. The Morgan fingerprint density at radius 1 is 1.14 bits per heavy atom. The summed E-state index contributed by atoms with van der Waals surface area (Å²) >= 11 is 1.29. The number of benzene rings is 1. The number of hydrogen-bond acceptors (Lipinski definition) is 7. The van der Waals surface area contributed by atoms with Crippen LogP contribution in [0.1, 0.15) is 10.4 Å². The standard InChI is InChI=1S/C19H19N3O5S/c1-26-17(23)12-27-16-9-7-15(8-10-16)19(25)22-21-18(24)14-5-3-13(4-6-14)11-20-28-2/h3-10,14H,12H2,1-2H3,(H,21,24)(H,22,25). The molecule has 0 saturated heterocycles. The van der Waals surface area contributed by atoms with E-state index >= 15 is 0 Å². The molecule has 2 amide bonds. The van der Waals surface area contributed by atoms with Gasteiger partial charge in [0.05, 0.1) is 13.0 Å². The first-order chi connectivity index (χ1) is 13.5. The molecule has 1 aromatic rings. The van der Waals surface area contributed by atoms with E-state index < -0.39 is 17.8 Å². The lowest BCUT2D eigenvalue weighted by atomic mass is 10.0. The van der Waals surface area contributed by atoms with Crippen LogP contribution >= 0.6 is 11.9 Å². The molecule has 0 atom stereocenters. The normalized spacial score (nSPS) is 14.6. The summed E-state index contributed by atoms with van der Waals surface area (Å²) in [5, 5.41) is 0. The van der Waals surface area contributed by atoms with Crippen molar-refractivity contribution in [2.45, 2.75) is 0 Å². The van der Waals surface area contributed by atoms with E-state index in [1.54, 1.807) is 24.3 Å². The second-order valence-electron chi connectivity index (χ2n) is 5.42. The monoisotopic (exact) mass is 401 g/mol. The number of carbonyl (C=O) groups is 3. The van der Waals surface area contributed by atoms with E-state index in [2.05, 4.69) is 25.9 Å². The van der Waals surface area contributed by atoms with E-state index in [1.165, 1.54) is 43.3 Å². The van der Waals surface area contributed by atoms with Gasteiger partial charge in [0, 0.05) is 23.3 Å². The molecule has 9 heteroatoms. The summed E-state index contributed by atoms with van der Waals surface area (Å²) < 4.78 is 13.6. The van der Waals surface area contributed by atoms with E-state index in [0.717, 1.165) is 5.57 Å². The van der Waals surface area contributed by atoms with Gasteiger partial charge in [-0.05, 0) is 48.4 Å². The zero-order valence-electron chi connectivity index (χ0n) is 15.3. The zero-order valence-corrected chi connectivity index (χ0v) is 16.1. The Morgan fingerprint density at radius 3 is 2.43 bits per heavy atom. The second kappa shape index (κ2) is 10.8. The number of nitrogens with zero attached hydrogens (tertiary/aromatic N) is 1. The van der Waals surface area contributed by atoms with Crippen LogP contribution < -0.4 is 15.6 Å². The number of carbonyl (C=O) groups excluding carboxylic acids is 3. The first-order valence-corrected chi connectivity index (χ1v) is 9.34. The molecule has 0 bridgehead atoms. The Hall–Kier alpha value is -3.29. The van der Waals surface area contributed by atoms with Gasteiger partial charge >= 0.3 is 5.97 Å². The Kier molecular flexibility index (Phi) is 8.08. The van der Waals surface area contributed by atoms with Crippen LogP contribution in [0.15, 0.2) is 58.5 Å². The van der Waals surface area contributed by atoms with Crippen LogP contribution in [-0.2, 0) is 14.3 Å². The first kappa shape index (κ1) is 21.0. The molecular weight excluding hydrogens is 382 g/mol. The van der Waals surface area contributed by atoms with Crippen molar-refractivity contribution >= 4 is 35.6 Å². The van der Waals surface area contributed by atoms with Crippen molar-refractivity contribution in [1.82, 2.24) is 10.9 Å². The number of hydrogen-bond donors (Lipinski definition) is 2. The van der Waals surface area contributed by atoms with Gasteiger partial charge in [0.25, 0.3) is 5.91 Å². The van der Waals surface area contributed by atoms with Crippen LogP contribution in [-0.4, -0.2) is 43.6 Å². The topological polar surface area (TPSA) is 106 Å². The largest absolute Gasteiger partial charge is 0.482 e. The molecule has 0 radical (unpaired) electrons. The van der Waals surface area contributed by atoms with Crippen molar-refractivity contribution in [3.8, 4) is 5.75 Å². The molecule has 0 fully saturated rings. The first-order valence-electron chi connectivity index (χ1n) is 8.16. The van der Waals surface area contributed by atoms with Crippen LogP contribution in [0.25, 0.3) is 0 Å². The lowest BCUT2D eigenvalue weighted by Crippen LogP contribution is -2.44. The van der Waals surface area contributed by atoms with Crippen LogP contribution in [0.5, 0.6) is 5.75 Å². The van der Waals surface area contributed by atoms with Gasteiger partial charge in [-0.1, -0.05) is 12.2 Å². The summed E-state index contributed by atoms with van der Waals surface area (Å²) in [5.74, 6) is 1.37. The molecule has 1 aromatic carbocycles. The minimum absolute atomic E-state index is 0.222. The van der Waals surface area contributed by atoms with Gasteiger partial charge in [0.15, 0.2) is 6.61 Å². The highest BCUT2D eigenvalue weighted by atomic mass is 32.2. The van der Waals surface area contributed by atoms with Crippen LogP contribution in [0.3, 0.4) is 0 Å². The molecule has 0 heterocycles. The van der Waals surface area contributed by atoms with E-state index in [9.17, 15) is 14.4 Å². The fraction of sp³-hybridized carbons (Fsp3) is 0.211.